The fourth-order valence-electron chi connectivity index (χ4n) is 2.27. The highest BCUT2D eigenvalue weighted by Crippen LogP contribution is 2.43. The van der Waals surface area contributed by atoms with Crippen molar-refractivity contribution in [1.29, 1.82) is 0 Å². The van der Waals surface area contributed by atoms with Gasteiger partial charge in [0.2, 0.25) is 0 Å². The summed E-state index contributed by atoms with van der Waals surface area (Å²) in [5.41, 5.74) is 0. The molecule has 136 valence electrons. The standard InChI is InChI=1S/C17H34O5Si/c1-7-9-10-22-16(19)12-14(11-15(18)21-8-2)13-17(3,4)23(5,6)20/h14,20H,7-13H2,1-6H3/t14-/m1/s1. The highest BCUT2D eigenvalue weighted by Gasteiger charge is 2.40. The van der Waals surface area contributed by atoms with Crippen LogP contribution in [-0.2, 0) is 19.1 Å². The van der Waals surface area contributed by atoms with Crippen LogP contribution in [0.4, 0.5) is 0 Å². The number of ether oxygens (including phenoxy) is 2. The topological polar surface area (TPSA) is 72.8 Å². The first-order valence-electron chi connectivity index (χ1n) is 8.57. The number of unbranched alkanes of at least 4 members (excludes halogenated alkanes) is 1. The van der Waals surface area contributed by atoms with Crippen molar-refractivity contribution in [2.45, 2.75) is 77.9 Å². The summed E-state index contributed by atoms with van der Waals surface area (Å²) < 4.78 is 10.2. The lowest BCUT2D eigenvalue weighted by Gasteiger charge is -2.37. The number of hydrogen-bond acceptors (Lipinski definition) is 5. The highest BCUT2D eigenvalue weighted by atomic mass is 28.4. The maximum atomic E-state index is 12.0. The molecule has 0 spiro atoms. The van der Waals surface area contributed by atoms with Crippen molar-refractivity contribution in [3.05, 3.63) is 0 Å². The van der Waals surface area contributed by atoms with Crippen molar-refractivity contribution in [2.24, 2.45) is 5.92 Å². The molecule has 5 nitrogen and oxygen atoms in total. The van der Waals surface area contributed by atoms with E-state index in [4.69, 9.17) is 9.47 Å². The number of carbonyl (C=O) groups is 2. The summed E-state index contributed by atoms with van der Waals surface area (Å²) in [4.78, 5) is 34.2. The summed E-state index contributed by atoms with van der Waals surface area (Å²) in [7, 11) is -2.40. The van der Waals surface area contributed by atoms with E-state index in [1.807, 2.05) is 33.9 Å². The quantitative estimate of drug-likeness (QED) is 0.351. The molecule has 0 aromatic carbocycles. The predicted octanol–water partition coefficient (Wildman–Crippen LogP) is 3.66. The zero-order valence-electron chi connectivity index (χ0n) is 15.6. The van der Waals surface area contributed by atoms with Gasteiger partial charge in [-0.3, -0.25) is 9.59 Å². The summed E-state index contributed by atoms with van der Waals surface area (Å²) >= 11 is 0. The Morgan fingerprint density at radius 2 is 1.61 bits per heavy atom. The maximum absolute atomic E-state index is 12.0. The summed E-state index contributed by atoms with van der Waals surface area (Å²) in [6.45, 7) is 12.3. The van der Waals surface area contributed by atoms with Gasteiger partial charge in [-0.2, -0.15) is 0 Å². The molecule has 6 heteroatoms. The van der Waals surface area contributed by atoms with E-state index in [9.17, 15) is 14.4 Å². The van der Waals surface area contributed by atoms with Crippen LogP contribution in [0.15, 0.2) is 0 Å². The molecular weight excluding hydrogens is 312 g/mol. The van der Waals surface area contributed by atoms with Crippen LogP contribution in [0, 0.1) is 5.92 Å². The molecule has 0 aliphatic heterocycles. The van der Waals surface area contributed by atoms with Gasteiger partial charge >= 0.3 is 11.9 Å². The van der Waals surface area contributed by atoms with Crippen LogP contribution in [-0.4, -0.2) is 38.3 Å². The molecule has 0 fully saturated rings. The monoisotopic (exact) mass is 346 g/mol. The third-order valence-electron chi connectivity index (χ3n) is 4.43. The van der Waals surface area contributed by atoms with Crippen LogP contribution >= 0.6 is 0 Å². The second-order valence-electron chi connectivity index (χ2n) is 7.30. The van der Waals surface area contributed by atoms with Crippen LogP contribution in [0.1, 0.15) is 59.8 Å². The SMILES string of the molecule is CCCCOC(=O)C[C@@H](CC(=O)OCC)CC(C)(C)[Si](C)(C)O. The first kappa shape index (κ1) is 22.1. The summed E-state index contributed by atoms with van der Waals surface area (Å²) in [6.07, 6.45) is 2.79. The molecule has 1 atom stereocenters. The van der Waals surface area contributed by atoms with Gasteiger partial charge in [0.05, 0.1) is 13.2 Å². The summed E-state index contributed by atoms with van der Waals surface area (Å²) in [5.74, 6) is -0.745. The van der Waals surface area contributed by atoms with Gasteiger partial charge in [0.1, 0.15) is 0 Å². The molecule has 0 rings (SSSR count). The van der Waals surface area contributed by atoms with Gasteiger partial charge in [-0.1, -0.05) is 27.2 Å². The third-order valence-corrected chi connectivity index (χ3v) is 7.95. The number of rotatable bonds is 11. The smallest absolute Gasteiger partial charge is 0.306 e. The molecule has 0 radical (unpaired) electrons. The Hall–Kier alpha value is -0.883. The van der Waals surface area contributed by atoms with Crippen molar-refractivity contribution in [3.63, 3.8) is 0 Å². The van der Waals surface area contributed by atoms with Crippen LogP contribution < -0.4 is 0 Å². The van der Waals surface area contributed by atoms with Crippen molar-refractivity contribution in [3.8, 4) is 0 Å². The van der Waals surface area contributed by atoms with Crippen molar-refractivity contribution >= 4 is 20.3 Å². The van der Waals surface area contributed by atoms with Crippen LogP contribution in [0.3, 0.4) is 0 Å². The van der Waals surface area contributed by atoms with Crippen molar-refractivity contribution in [1.82, 2.24) is 0 Å². The van der Waals surface area contributed by atoms with E-state index in [2.05, 4.69) is 0 Å². The van der Waals surface area contributed by atoms with Gasteiger partial charge in [-0.15, -0.1) is 0 Å². The molecule has 0 saturated carbocycles. The molecule has 0 aliphatic carbocycles. The lowest BCUT2D eigenvalue weighted by atomic mass is 9.90. The van der Waals surface area contributed by atoms with E-state index in [1.165, 1.54) is 0 Å². The van der Waals surface area contributed by atoms with E-state index < -0.39 is 8.32 Å². The predicted molar refractivity (Wildman–Crippen MR) is 93.6 cm³/mol. The van der Waals surface area contributed by atoms with Gasteiger partial charge in [-0.25, -0.2) is 0 Å². The van der Waals surface area contributed by atoms with E-state index in [-0.39, 0.29) is 35.7 Å². The maximum Gasteiger partial charge on any atom is 0.306 e. The number of esters is 2. The molecule has 23 heavy (non-hydrogen) atoms. The molecular formula is C17H34O5Si. The third kappa shape index (κ3) is 9.10. The highest BCUT2D eigenvalue weighted by molar-refractivity contribution is 6.72. The molecule has 0 aromatic rings. The minimum atomic E-state index is -2.40. The van der Waals surface area contributed by atoms with Crippen LogP contribution in [0.5, 0.6) is 0 Å². The molecule has 1 N–H and O–H groups in total. The lowest BCUT2D eigenvalue weighted by Crippen LogP contribution is -2.40. The van der Waals surface area contributed by atoms with Crippen LogP contribution in [0.2, 0.25) is 18.1 Å². The van der Waals surface area contributed by atoms with E-state index in [0.717, 1.165) is 12.8 Å². The van der Waals surface area contributed by atoms with Gasteiger partial charge in [0.25, 0.3) is 0 Å². The van der Waals surface area contributed by atoms with Gasteiger partial charge in [0.15, 0.2) is 8.32 Å². The second kappa shape index (κ2) is 10.1. The van der Waals surface area contributed by atoms with Gasteiger partial charge in [0, 0.05) is 12.8 Å². The Morgan fingerprint density at radius 3 is 2.04 bits per heavy atom. The van der Waals surface area contributed by atoms with Crippen molar-refractivity contribution < 1.29 is 23.9 Å². The van der Waals surface area contributed by atoms with Gasteiger partial charge in [-0.05, 0) is 43.8 Å². The van der Waals surface area contributed by atoms with Crippen molar-refractivity contribution in [2.75, 3.05) is 13.2 Å². The molecule has 0 aliphatic rings. The first-order valence-corrected chi connectivity index (χ1v) is 11.5. The normalized spacial score (nSPS) is 13.5. The fraction of sp³-hybridized carbons (Fsp3) is 0.882. The number of hydrogen-bond donors (Lipinski definition) is 1. The number of carbonyl (C=O) groups excluding carboxylic acids is 2. The Kier molecular flexibility index (Phi) is 9.69. The average molecular weight is 347 g/mol. The Morgan fingerprint density at radius 1 is 1.09 bits per heavy atom. The van der Waals surface area contributed by atoms with Gasteiger partial charge < -0.3 is 14.3 Å². The first-order chi connectivity index (χ1) is 10.5. The van der Waals surface area contributed by atoms with E-state index in [0.29, 0.717) is 19.6 Å². The molecule has 0 heterocycles. The zero-order chi connectivity index (χ0) is 18.1. The Labute approximate surface area is 141 Å². The molecule has 0 saturated heterocycles. The minimum Gasteiger partial charge on any atom is -0.466 e. The molecule has 0 unspecified atom stereocenters. The minimum absolute atomic E-state index is 0.169. The lowest BCUT2D eigenvalue weighted by molar-refractivity contribution is -0.147. The fourth-order valence-corrected chi connectivity index (χ4v) is 3.06. The van der Waals surface area contributed by atoms with Crippen LogP contribution in [0.25, 0.3) is 0 Å². The Balaban J connectivity index is 4.81. The molecule has 0 amide bonds. The zero-order valence-corrected chi connectivity index (χ0v) is 16.6. The average Bonchev–Trinajstić information content (AvgIpc) is 2.37. The Bertz CT molecular complexity index is 374. The molecule has 0 aromatic heterocycles. The largest absolute Gasteiger partial charge is 0.466 e. The summed E-state index contributed by atoms with van der Waals surface area (Å²) in [6, 6.07) is 0. The van der Waals surface area contributed by atoms with E-state index >= 15 is 0 Å². The van der Waals surface area contributed by atoms with E-state index in [1.54, 1.807) is 6.92 Å². The summed E-state index contributed by atoms with van der Waals surface area (Å²) in [5, 5.41) is -0.298. The molecule has 0 bridgehead atoms. The second-order valence-corrected chi connectivity index (χ2v) is 11.8.